The zero-order chi connectivity index (χ0) is 14.2. The smallest absolute Gasteiger partial charge is 0.416 e. The van der Waals surface area contributed by atoms with Crippen LogP contribution in [0.1, 0.15) is 16.1 Å². The molecular weight excluding hydrogens is 287 g/mol. The first kappa shape index (κ1) is 13.4. The number of benzene rings is 1. The van der Waals surface area contributed by atoms with Crippen LogP contribution in [0.2, 0.25) is 5.02 Å². The Balaban J connectivity index is 2.43. The Labute approximate surface area is 109 Å². The summed E-state index contributed by atoms with van der Waals surface area (Å²) in [5, 5.41) is 11.7. The third-order valence-electron chi connectivity index (χ3n) is 2.29. The molecule has 19 heavy (non-hydrogen) atoms. The summed E-state index contributed by atoms with van der Waals surface area (Å²) in [5.41, 5.74) is -1.13. The Morgan fingerprint density at radius 1 is 1.32 bits per heavy atom. The van der Waals surface area contributed by atoms with E-state index in [1.54, 1.807) is 0 Å². The van der Waals surface area contributed by atoms with Crippen molar-refractivity contribution in [3.8, 4) is 11.3 Å². The van der Waals surface area contributed by atoms with Gasteiger partial charge in [-0.05, 0) is 18.2 Å². The summed E-state index contributed by atoms with van der Waals surface area (Å²) in [6, 6.07) is 3.73. The highest BCUT2D eigenvalue weighted by Gasteiger charge is 2.31. The predicted molar refractivity (Wildman–Crippen MR) is 58.9 cm³/mol. The molecule has 0 unspecified atom stereocenters. The van der Waals surface area contributed by atoms with Crippen molar-refractivity contribution in [2.75, 3.05) is 0 Å². The second-order valence-corrected chi connectivity index (χ2v) is 3.98. The molecule has 0 saturated carbocycles. The number of carboxylic acid groups (broad SMARTS) is 1. The van der Waals surface area contributed by atoms with Gasteiger partial charge >= 0.3 is 12.1 Å². The fourth-order valence-electron chi connectivity index (χ4n) is 1.39. The molecule has 0 radical (unpaired) electrons. The fourth-order valence-corrected chi connectivity index (χ4v) is 1.67. The van der Waals surface area contributed by atoms with Crippen molar-refractivity contribution in [3.05, 3.63) is 40.5 Å². The summed E-state index contributed by atoms with van der Waals surface area (Å²) in [4.78, 5) is 10.6. The summed E-state index contributed by atoms with van der Waals surface area (Å²) in [6.07, 6.45) is -4.50. The highest BCUT2D eigenvalue weighted by Crippen LogP contribution is 2.35. The van der Waals surface area contributed by atoms with Crippen LogP contribution in [0.5, 0.6) is 0 Å². The topological polar surface area (TPSA) is 63.3 Å². The van der Waals surface area contributed by atoms with Gasteiger partial charge in [-0.2, -0.15) is 13.2 Å². The first-order valence-electron chi connectivity index (χ1n) is 4.86. The van der Waals surface area contributed by atoms with Crippen LogP contribution >= 0.6 is 11.6 Å². The molecule has 0 fully saturated rings. The van der Waals surface area contributed by atoms with Crippen LogP contribution in [-0.4, -0.2) is 16.2 Å². The van der Waals surface area contributed by atoms with Gasteiger partial charge < -0.3 is 9.63 Å². The summed E-state index contributed by atoms with van der Waals surface area (Å²) >= 11 is 5.72. The van der Waals surface area contributed by atoms with Crippen molar-refractivity contribution in [1.82, 2.24) is 5.16 Å². The van der Waals surface area contributed by atoms with E-state index in [1.807, 2.05) is 0 Å². The molecule has 0 amide bonds. The zero-order valence-electron chi connectivity index (χ0n) is 9.03. The molecule has 1 aromatic heterocycles. The van der Waals surface area contributed by atoms with Crippen LogP contribution in [0.15, 0.2) is 28.8 Å². The molecule has 0 spiro atoms. The Kier molecular flexibility index (Phi) is 3.23. The largest absolute Gasteiger partial charge is 0.476 e. The first-order valence-corrected chi connectivity index (χ1v) is 5.24. The van der Waals surface area contributed by atoms with E-state index in [9.17, 15) is 18.0 Å². The van der Waals surface area contributed by atoms with Gasteiger partial charge in [0.25, 0.3) is 0 Å². The summed E-state index contributed by atoms with van der Waals surface area (Å²) in [7, 11) is 0. The zero-order valence-corrected chi connectivity index (χ0v) is 9.79. The Bertz CT molecular complexity index is 636. The van der Waals surface area contributed by atoms with E-state index in [4.69, 9.17) is 21.2 Å². The van der Waals surface area contributed by atoms with Crippen molar-refractivity contribution < 1.29 is 27.6 Å². The molecule has 0 aliphatic rings. The van der Waals surface area contributed by atoms with Crippen LogP contribution in [0.3, 0.4) is 0 Å². The molecule has 1 aromatic carbocycles. The van der Waals surface area contributed by atoms with Crippen LogP contribution in [0.4, 0.5) is 13.2 Å². The molecule has 0 aliphatic carbocycles. The van der Waals surface area contributed by atoms with Gasteiger partial charge in [0.1, 0.15) is 0 Å². The maximum absolute atomic E-state index is 12.4. The highest BCUT2D eigenvalue weighted by molar-refractivity contribution is 6.33. The third kappa shape index (κ3) is 2.70. The lowest BCUT2D eigenvalue weighted by atomic mass is 10.1. The lowest BCUT2D eigenvalue weighted by molar-refractivity contribution is -0.137. The van der Waals surface area contributed by atoms with Crippen molar-refractivity contribution in [2.45, 2.75) is 6.18 Å². The molecule has 0 aliphatic heterocycles. The second kappa shape index (κ2) is 4.58. The molecule has 4 nitrogen and oxygen atoms in total. The predicted octanol–water partition coefficient (Wildman–Crippen LogP) is 3.71. The summed E-state index contributed by atoms with van der Waals surface area (Å²) in [6.45, 7) is 0. The maximum atomic E-state index is 12.4. The van der Waals surface area contributed by atoms with Crippen molar-refractivity contribution in [2.24, 2.45) is 0 Å². The van der Waals surface area contributed by atoms with E-state index in [-0.39, 0.29) is 22.0 Å². The number of aromatic carboxylic acids is 1. The molecule has 2 rings (SSSR count). The number of hydrogen-bond acceptors (Lipinski definition) is 3. The minimum atomic E-state index is -4.50. The summed E-state index contributed by atoms with van der Waals surface area (Å²) in [5.74, 6) is -1.32. The van der Waals surface area contributed by atoms with Crippen LogP contribution in [-0.2, 0) is 6.18 Å². The van der Waals surface area contributed by atoms with Crippen molar-refractivity contribution >= 4 is 17.6 Å². The molecule has 0 bridgehead atoms. The van der Waals surface area contributed by atoms with Crippen molar-refractivity contribution in [1.29, 1.82) is 0 Å². The average molecular weight is 292 g/mol. The minimum absolute atomic E-state index is 0.0175. The Hall–Kier alpha value is -2.02. The molecule has 0 saturated heterocycles. The molecular formula is C11H5ClF3NO3. The number of aromatic nitrogens is 1. The van der Waals surface area contributed by atoms with Gasteiger partial charge in [-0.3, -0.25) is 0 Å². The maximum Gasteiger partial charge on any atom is 0.416 e. The van der Waals surface area contributed by atoms with Gasteiger partial charge in [0.05, 0.1) is 10.6 Å². The number of carbonyl (C=O) groups is 1. The Morgan fingerprint density at radius 2 is 2.00 bits per heavy atom. The number of halogens is 4. The fraction of sp³-hybridized carbons (Fsp3) is 0.0909. The molecule has 0 atom stereocenters. The lowest BCUT2D eigenvalue weighted by Gasteiger charge is -2.08. The molecule has 1 N–H and O–H groups in total. The third-order valence-corrected chi connectivity index (χ3v) is 2.60. The van der Waals surface area contributed by atoms with Gasteiger partial charge in [-0.25, -0.2) is 4.79 Å². The van der Waals surface area contributed by atoms with E-state index in [0.29, 0.717) is 0 Å². The van der Waals surface area contributed by atoms with E-state index < -0.39 is 17.7 Å². The van der Waals surface area contributed by atoms with Gasteiger partial charge in [0.2, 0.25) is 0 Å². The van der Waals surface area contributed by atoms with E-state index in [0.717, 1.165) is 24.3 Å². The standard InChI is InChI=1S/C11H5ClF3NO3/c12-7-3-5(11(13,14)15)1-2-6(7)9-4-8(10(17)18)16-19-9/h1-4H,(H,17,18). The second-order valence-electron chi connectivity index (χ2n) is 3.57. The Morgan fingerprint density at radius 3 is 2.47 bits per heavy atom. The molecule has 2 aromatic rings. The van der Waals surface area contributed by atoms with E-state index >= 15 is 0 Å². The normalized spacial score (nSPS) is 11.6. The number of hydrogen-bond donors (Lipinski definition) is 1. The molecule has 8 heteroatoms. The number of alkyl halides is 3. The van der Waals surface area contributed by atoms with Crippen LogP contribution in [0.25, 0.3) is 11.3 Å². The monoisotopic (exact) mass is 291 g/mol. The lowest BCUT2D eigenvalue weighted by Crippen LogP contribution is -2.04. The first-order chi connectivity index (χ1) is 8.79. The van der Waals surface area contributed by atoms with Gasteiger partial charge in [-0.15, -0.1) is 0 Å². The van der Waals surface area contributed by atoms with Gasteiger partial charge in [0, 0.05) is 11.6 Å². The number of rotatable bonds is 2. The van der Waals surface area contributed by atoms with Crippen LogP contribution in [0, 0.1) is 0 Å². The van der Waals surface area contributed by atoms with Crippen molar-refractivity contribution in [3.63, 3.8) is 0 Å². The van der Waals surface area contributed by atoms with Crippen LogP contribution < -0.4 is 0 Å². The van der Waals surface area contributed by atoms with Gasteiger partial charge in [0.15, 0.2) is 11.5 Å². The number of carboxylic acids is 1. The minimum Gasteiger partial charge on any atom is -0.476 e. The highest BCUT2D eigenvalue weighted by atomic mass is 35.5. The van der Waals surface area contributed by atoms with Gasteiger partial charge in [-0.1, -0.05) is 16.8 Å². The average Bonchev–Trinajstić information content (AvgIpc) is 2.76. The molecule has 1 heterocycles. The summed E-state index contributed by atoms with van der Waals surface area (Å²) < 4.78 is 42.0. The quantitative estimate of drug-likeness (QED) is 0.916. The molecule has 100 valence electrons. The van der Waals surface area contributed by atoms with E-state index in [1.165, 1.54) is 0 Å². The SMILES string of the molecule is O=C(O)c1cc(-c2ccc(C(F)(F)F)cc2Cl)on1. The number of nitrogens with zero attached hydrogens (tertiary/aromatic N) is 1. The van der Waals surface area contributed by atoms with E-state index in [2.05, 4.69) is 5.16 Å².